The van der Waals surface area contributed by atoms with Crippen LogP contribution in [0, 0.1) is 14.9 Å². The number of hydrogen-bond acceptors (Lipinski definition) is 18. The minimum absolute atomic E-state index is 0.142. The van der Waals surface area contributed by atoms with Gasteiger partial charge in [-0.3, -0.25) is 9.59 Å². The number of nitrogens with zero attached hydrogens (tertiary/aromatic N) is 10. The van der Waals surface area contributed by atoms with E-state index in [0.717, 1.165) is 59.0 Å². The Morgan fingerprint density at radius 2 is 0.975 bits per heavy atom. The second-order valence-electron chi connectivity index (χ2n) is 19.8. The maximum atomic E-state index is 11.6. The van der Waals surface area contributed by atoms with Crippen molar-refractivity contribution >= 4 is 140 Å². The summed E-state index contributed by atoms with van der Waals surface area (Å²) in [6.07, 6.45) is 8.34. The fraction of sp³-hybridized carbons (Fsp3) is 0.368. The van der Waals surface area contributed by atoms with Crippen LogP contribution in [0.3, 0.4) is 0 Å². The standard InChI is InChI=1S/C15H15N5OS.C15H13N5S.C12H13IN4O.3C4H9.C3H2NS.Sn/c1-8(2)18-13-10-4-3-9(12-6-22-7-17-12)5-11(10)19-20-14(13)15(16)21;1-9(2)18-15-11-4-3-10(14-7-21-8-17-14)5-12(11)19-20-13(15)6-16;1-6(2)15-10-8-4-3-7(13)5-9(8)16-17-11(10)12(14)18;3*1-3-4-2;1-2-5-3-4-1;/h3-8H,1-2H3,(H2,16,21)(H,18,19);3-5,7-9H,1-2H3,(H,18,19);3-6H,1-2H3,(H2,14,18)(H,15,16);3*1,3-4H2,2H3;2-3H;. The molecule has 22 heteroatoms. The molecular weight excluding hydrogens is 1270 g/mol. The Hall–Kier alpha value is -6.07. The molecule has 6 aromatic heterocycles. The van der Waals surface area contributed by atoms with E-state index in [0.29, 0.717) is 22.6 Å². The summed E-state index contributed by atoms with van der Waals surface area (Å²) in [7, 11) is 0. The molecule has 414 valence electrons. The van der Waals surface area contributed by atoms with E-state index in [4.69, 9.17) is 16.5 Å². The number of nitrogens with one attached hydrogen (secondary N) is 3. The van der Waals surface area contributed by atoms with Gasteiger partial charge in [0.2, 0.25) is 0 Å². The Kier molecular flexibility index (Phi) is 24.0. The Bertz CT molecular complexity index is 3420. The van der Waals surface area contributed by atoms with Crippen LogP contribution < -0.4 is 31.1 Å². The molecule has 3 aromatic carbocycles. The zero-order chi connectivity index (χ0) is 57.1. The molecule has 0 aliphatic heterocycles. The van der Waals surface area contributed by atoms with E-state index in [1.54, 1.807) is 26.1 Å². The quantitative estimate of drug-likeness (QED) is 0.0351. The van der Waals surface area contributed by atoms with Gasteiger partial charge in [-0.25, -0.2) is 9.97 Å². The first kappa shape index (κ1) is 62.1. The van der Waals surface area contributed by atoms with Crippen molar-refractivity contribution in [2.75, 3.05) is 16.0 Å². The van der Waals surface area contributed by atoms with Crippen molar-refractivity contribution in [1.29, 1.82) is 5.26 Å². The van der Waals surface area contributed by atoms with Crippen molar-refractivity contribution in [3.8, 4) is 28.6 Å². The summed E-state index contributed by atoms with van der Waals surface area (Å²) in [5.74, 6) is -1.17. The van der Waals surface area contributed by atoms with Crippen LogP contribution in [0.4, 0.5) is 17.1 Å². The van der Waals surface area contributed by atoms with Crippen LogP contribution in [-0.4, -0.2) is 93.9 Å². The van der Waals surface area contributed by atoms with Crippen molar-refractivity contribution in [1.82, 2.24) is 45.5 Å². The van der Waals surface area contributed by atoms with Gasteiger partial charge >= 0.3 is 122 Å². The monoisotopic (exact) mass is 1340 g/mol. The molecule has 7 N–H and O–H groups in total. The Balaban J connectivity index is 0.000000171. The van der Waals surface area contributed by atoms with E-state index in [1.807, 2.05) is 118 Å². The number of benzene rings is 3. The maximum absolute atomic E-state index is 11.6. The summed E-state index contributed by atoms with van der Waals surface area (Å²) in [4.78, 5) is 36.3. The predicted octanol–water partition coefficient (Wildman–Crippen LogP) is 13.5. The number of unbranched alkanes of at least 4 members (excludes halogenated alkanes) is 3. The SMILES string of the molecule is CC(C)Nc1c(C#N)nnc2cc(-c3cscn3)ccc12.CC(C)Nc1c(C(N)=O)nnc2cc(-c3cscn3)ccc12.CC(C)Nc1c(C(N)=O)nnc2cc(I)ccc12.CCC[CH2][Sn]([CH2]CCC)([CH2]CCC)[c]1cscn1. The third-order valence-corrected chi connectivity index (χ3v) is 30.7. The van der Waals surface area contributed by atoms with Gasteiger partial charge in [-0.1, -0.05) is 12.1 Å². The number of rotatable bonds is 20. The molecule has 9 rings (SSSR count). The molecule has 0 unspecified atom stereocenters. The third-order valence-electron chi connectivity index (χ3n) is 12.6. The number of thiazole rings is 3. The van der Waals surface area contributed by atoms with Gasteiger partial charge < -0.3 is 27.4 Å². The van der Waals surface area contributed by atoms with Crippen molar-refractivity contribution in [3.63, 3.8) is 0 Å². The van der Waals surface area contributed by atoms with Crippen LogP contribution in [0.5, 0.6) is 0 Å². The number of halogens is 1. The predicted molar refractivity (Wildman–Crippen MR) is 338 cm³/mol. The molecule has 0 spiro atoms. The van der Waals surface area contributed by atoms with Crippen LogP contribution in [0.1, 0.15) is 128 Å². The molecule has 0 bridgehead atoms. The number of aromatic nitrogens is 9. The third kappa shape index (κ3) is 17.0. The number of nitrogens with two attached hydrogens (primary N) is 2. The number of hydrogen-bond donors (Lipinski definition) is 5. The topological polar surface area (TPSA) is 262 Å². The van der Waals surface area contributed by atoms with Crippen LogP contribution in [0.15, 0.2) is 87.3 Å². The molecule has 0 aliphatic carbocycles. The van der Waals surface area contributed by atoms with Gasteiger partial charge in [0, 0.05) is 59.7 Å². The zero-order valence-electron chi connectivity index (χ0n) is 46.3. The summed E-state index contributed by atoms with van der Waals surface area (Å²) < 4.78 is 7.26. The van der Waals surface area contributed by atoms with Crippen LogP contribution >= 0.6 is 56.6 Å². The van der Waals surface area contributed by atoms with Gasteiger partial charge in [0.05, 0.1) is 56.0 Å². The molecular formula is C57H70IN15O2S3Sn. The van der Waals surface area contributed by atoms with E-state index in [9.17, 15) is 14.9 Å². The van der Waals surface area contributed by atoms with Gasteiger partial charge in [0.15, 0.2) is 17.1 Å². The first-order valence-corrected chi connectivity index (χ1v) is 37.9. The van der Waals surface area contributed by atoms with Crippen LogP contribution in [0.25, 0.3) is 55.2 Å². The molecule has 0 saturated heterocycles. The first-order chi connectivity index (χ1) is 38.0. The summed E-state index contributed by atoms with van der Waals surface area (Å²) in [6.45, 7) is 19.0. The first-order valence-electron chi connectivity index (χ1n) is 26.5. The second-order valence-corrected chi connectivity index (χ2v) is 36.3. The van der Waals surface area contributed by atoms with Crippen molar-refractivity contribution in [3.05, 3.63) is 108 Å². The van der Waals surface area contributed by atoms with Crippen LogP contribution in [-0.2, 0) is 0 Å². The fourth-order valence-corrected chi connectivity index (χ4v) is 28.2. The van der Waals surface area contributed by atoms with Gasteiger partial charge in [-0.2, -0.15) is 5.26 Å². The molecule has 0 aliphatic rings. The molecule has 2 amide bonds. The van der Waals surface area contributed by atoms with Gasteiger partial charge in [-0.15, -0.1) is 53.3 Å². The fourth-order valence-electron chi connectivity index (χ4n) is 8.83. The van der Waals surface area contributed by atoms with Gasteiger partial charge in [0.25, 0.3) is 11.8 Å². The van der Waals surface area contributed by atoms with E-state index >= 15 is 0 Å². The number of primary amides is 2. The normalized spacial score (nSPS) is 11.1. The second kappa shape index (κ2) is 30.5. The summed E-state index contributed by atoms with van der Waals surface area (Å²) in [6, 6.07) is 20.1. The van der Waals surface area contributed by atoms with E-state index < -0.39 is 30.2 Å². The van der Waals surface area contributed by atoms with Gasteiger partial charge in [-0.05, 0) is 107 Å². The number of nitriles is 1. The number of fused-ring (bicyclic) bond motifs is 3. The number of carbonyl (C=O) groups is 2. The molecule has 6 heterocycles. The number of carbonyl (C=O) groups excluding carboxylic acids is 2. The molecule has 0 saturated carbocycles. The van der Waals surface area contributed by atoms with E-state index in [2.05, 4.69) is 117 Å². The Labute approximate surface area is 492 Å². The summed E-state index contributed by atoms with van der Waals surface area (Å²) in [5, 5.41) is 52.1. The summed E-state index contributed by atoms with van der Waals surface area (Å²) >= 11 is 4.97. The van der Waals surface area contributed by atoms with E-state index in [-0.39, 0.29) is 29.5 Å². The van der Waals surface area contributed by atoms with Crippen LogP contribution in [0.2, 0.25) is 13.3 Å². The molecule has 79 heavy (non-hydrogen) atoms. The van der Waals surface area contributed by atoms with Gasteiger partial charge in [0.1, 0.15) is 6.07 Å². The Morgan fingerprint density at radius 1 is 0.570 bits per heavy atom. The molecule has 17 nitrogen and oxygen atoms in total. The molecule has 0 fully saturated rings. The Morgan fingerprint density at radius 3 is 1.37 bits per heavy atom. The number of amides is 2. The van der Waals surface area contributed by atoms with E-state index in [1.165, 1.54) is 63.2 Å². The number of anilines is 3. The molecule has 9 aromatic rings. The van der Waals surface area contributed by atoms with Crippen molar-refractivity contribution in [2.45, 2.75) is 132 Å². The average molecular weight is 1340 g/mol. The molecule has 0 atom stereocenters. The zero-order valence-corrected chi connectivity index (χ0v) is 53.8. The summed E-state index contributed by atoms with van der Waals surface area (Å²) in [5.41, 5.74) is 25.0. The molecule has 0 radical (unpaired) electrons. The minimum atomic E-state index is -2.13. The van der Waals surface area contributed by atoms with Crippen molar-refractivity contribution < 1.29 is 9.59 Å². The van der Waals surface area contributed by atoms with Crippen molar-refractivity contribution in [2.24, 2.45) is 11.5 Å². The average Bonchev–Trinajstić information content (AvgIpc) is 4.30.